The molecule has 106 valence electrons. The second kappa shape index (κ2) is 7.04. The Kier molecular flexibility index (Phi) is 5.66. The average Bonchev–Trinajstić information content (AvgIpc) is 2.39. The van der Waals surface area contributed by atoms with Gasteiger partial charge >= 0.3 is 0 Å². The fourth-order valence-electron chi connectivity index (χ4n) is 2.65. The zero-order valence-corrected chi connectivity index (χ0v) is 13.7. The normalized spacial score (nSPS) is 24.6. The molecule has 2 rings (SSSR count). The third-order valence-electron chi connectivity index (χ3n) is 3.55. The molecule has 3 nitrogen and oxygen atoms in total. The number of hydrogen-bond donors (Lipinski definition) is 1. The van der Waals surface area contributed by atoms with Gasteiger partial charge in [0.1, 0.15) is 0 Å². The number of hydrogen-bond acceptors (Lipinski definition) is 3. The first kappa shape index (κ1) is 15.3. The summed E-state index contributed by atoms with van der Waals surface area (Å²) >= 11 is 9.87. The van der Waals surface area contributed by atoms with Gasteiger partial charge in [-0.3, -0.25) is 4.90 Å². The van der Waals surface area contributed by atoms with Gasteiger partial charge in [-0.25, -0.2) is 0 Å². The van der Waals surface area contributed by atoms with Crippen LogP contribution in [-0.4, -0.2) is 44.3 Å². The fourth-order valence-corrected chi connectivity index (χ4v) is 3.44. The van der Waals surface area contributed by atoms with Crippen molar-refractivity contribution >= 4 is 27.5 Å². The third kappa shape index (κ3) is 3.50. The summed E-state index contributed by atoms with van der Waals surface area (Å²) in [5.74, 6) is 0. The molecule has 0 amide bonds. The van der Waals surface area contributed by atoms with Gasteiger partial charge in [-0.1, -0.05) is 40.5 Å². The van der Waals surface area contributed by atoms with E-state index in [2.05, 4.69) is 39.1 Å². The largest absolute Gasteiger partial charge is 0.374 e. The topological polar surface area (TPSA) is 24.5 Å². The van der Waals surface area contributed by atoms with Crippen LogP contribution >= 0.6 is 27.5 Å². The van der Waals surface area contributed by atoms with Crippen molar-refractivity contribution in [3.63, 3.8) is 0 Å². The maximum absolute atomic E-state index is 6.42. The predicted octanol–water partition coefficient (Wildman–Crippen LogP) is 3.08. The molecule has 1 fully saturated rings. The number of benzene rings is 1. The predicted molar refractivity (Wildman–Crippen MR) is 82.8 cm³/mol. The van der Waals surface area contributed by atoms with Gasteiger partial charge in [0.15, 0.2) is 0 Å². The number of halogens is 2. The van der Waals surface area contributed by atoms with Crippen molar-refractivity contribution in [1.82, 2.24) is 10.2 Å². The van der Waals surface area contributed by atoms with E-state index in [4.69, 9.17) is 16.3 Å². The highest BCUT2D eigenvalue weighted by Gasteiger charge is 2.33. The quantitative estimate of drug-likeness (QED) is 0.906. The molecule has 19 heavy (non-hydrogen) atoms. The van der Waals surface area contributed by atoms with E-state index in [-0.39, 0.29) is 12.1 Å². The average molecular weight is 348 g/mol. The van der Waals surface area contributed by atoms with Crippen LogP contribution < -0.4 is 5.32 Å². The van der Waals surface area contributed by atoms with E-state index < -0.39 is 0 Å². The summed E-state index contributed by atoms with van der Waals surface area (Å²) < 4.78 is 6.93. The SMILES string of the molecule is CCN1CCOC(CNC)C1c1ccc(Br)cc1Cl. The van der Waals surface area contributed by atoms with Gasteiger partial charge in [-0.15, -0.1) is 0 Å². The van der Waals surface area contributed by atoms with E-state index in [1.165, 1.54) is 0 Å². The van der Waals surface area contributed by atoms with Crippen LogP contribution in [0.15, 0.2) is 22.7 Å². The van der Waals surface area contributed by atoms with Crippen LogP contribution in [0.1, 0.15) is 18.5 Å². The maximum Gasteiger partial charge on any atom is 0.0896 e. The van der Waals surface area contributed by atoms with E-state index in [0.717, 1.165) is 41.3 Å². The molecule has 1 heterocycles. The smallest absolute Gasteiger partial charge is 0.0896 e. The van der Waals surface area contributed by atoms with Crippen LogP contribution in [0.4, 0.5) is 0 Å². The number of rotatable bonds is 4. The van der Waals surface area contributed by atoms with Gasteiger partial charge < -0.3 is 10.1 Å². The van der Waals surface area contributed by atoms with E-state index >= 15 is 0 Å². The molecular formula is C14H20BrClN2O. The molecule has 0 saturated carbocycles. The molecule has 1 aromatic carbocycles. The highest BCUT2D eigenvalue weighted by Crippen LogP contribution is 2.34. The van der Waals surface area contributed by atoms with Crippen molar-refractivity contribution in [2.24, 2.45) is 0 Å². The zero-order chi connectivity index (χ0) is 13.8. The molecule has 5 heteroatoms. The highest BCUT2D eigenvalue weighted by molar-refractivity contribution is 9.10. The zero-order valence-electron chi connectivity index (χ0n) is 11.3. The Balaban J connectivity index is 2.33. The van der Waals surface area contributed by atoms with E-state index in [0.29, 0.717) is 0 Å². The van der Waals surface area contributed by atoms with Crippen LogP contribution in [0, 0.1) is 0 Å². The van der Waals surface area contributed by atoms with Gasteiger partial charge in [-0.2, -0.15) is 0 Å². The van der Waals surface area contributed by atoms with Crippen LogP contribution in [0.5, 0.6) is 0 Å². The van der Waals surface area contributed by atoms with Crippen molar-refractivity contribution in [1.29, 1.82) is 0 Å². The Morgan fingerprint density at radius 1 is 1.53 bits per heavy atom. The minimum Gasteiger partial charge on any atom is -0.374 e. The number of likely N-dealkylation sites (N-methyl/N-ethyl adjacent to an activating group) is 2. The molecule has 0 aliphatic carbocycles. The molecule has 1 N–H and O–H groups in total. The van der Waals surface area contributed by atoms with Gasteiger partial charge in [-0.05, 0) is 31.3 Å². The van der Waals surface area contributed by atoms with E-state index in [9.17, 15) is 0 Å². The lowest BCUT2D eigenvalue weighted by atomic mass is 9.97. The molecule has 1 aliphatic rings. The Morgan fingerprint density at radius 3 is 2.95 bits per heavy atom. The van der Waals surface area contributed by atoms with Gasteiger partial charge in [0.05, 0.1) is 18.8 Å². The molecule has 1 aromatic rings. The number of ether oxygens (including phenoxy) is 1. The highest BCUT2D eigenvalue weighted by atomic mass is 79.9. The van der Waals surface area contributed by atoms with Crippen LogP contribution in [-0.2, 0) is 4.74 Å². The Hall–Kier alpha value is -0.130. The molecule has 0 aromatic heterocycles. The van der Waals surface area contributed by atoms with E-state index in [1.807, 2.05) is 19.2 Å². The molecular weight excluding hydrogens is 328 g/mol. The van der Waals surface area contributed by atoms with Gasteiger partial charge in [0.2, 0.25) is 0 Å². The summed E-state index contributed by atoms with van der Waals surface area (Å²) in [5.41, 5.74) is 1.15. The summed E-state index contributed by atoms with van der Waals surface area (Å²) in [6, 6.07) is 6.30. The van der Waals surface area contributed by atoms with E-state index in [1.54, 1.807) is 0 Å². The molecule has 2 atom stereocenters. The Morgan fingerprint density at radius 2 is 2.32 bits per heavy atom. The Bertz CT molecular complexity index is 428. The lowest BCUT2D eigenvalue weighted by Gasteiger charge is -2.41. The molecule has 2 unspecified atom stereocenters. The minimum absolute atomic E-state index is 0.136. The number of morpholine rings is 1. The first-order valence-electron chi connectivity index (χ1n) is 6.62. The van der Waals surface area contributed by atoms with Gasteiger partial charge in [0.25, 0.3) is 0 Å². The summed E-state index contributed by atoms with van der Waals surface area (Å²) in [6.07, 6.45) is 0.136. The van der Waals surface area contributed by atoms with Crippen molar-refractivity contribution in [2.75, 3.05) is 33.3 Å². The lowest BCUT2D eigenvalue weighted by Crippen LogP contribution is -2.48. The summed E-state index contributed by atoms with van der Waals surface area (Å²) in [7, 11) is 1.95. The number of nitrogens with one attached hydrogen (secondary N) is 1. The summed E-state index contributed by atoms with van der Waals surface area (Å²) in [6.45, 7) is 5.74. The van der Waals surface area contributed by atoms with Crippen LogP contribution in [0.25, 0.3) is 0 Å². The number of nitrogens with zero attached hydrogens (tertiary/aromatic N) is 1. The van der Waals surface area contributed by atoms with Crippen molar-refractivity contribution in [3.05, 3.63) is 33.3 Å². The van der Waals surface area contributed by atoms with Crippen molar-refractivity contribution in [3.8, 4) is 0 Å². The molecule has 1 saturated heterocycles. The van der Waals surface area contributed by atoms with Gasteiger partial charge in [0, 0.05) is 22.6 Å². The summed E-state index contributed by atoms with van der Waals surface area (Å²) in [4.78, 5) is 2.43. The standard InChI is InChI=1S/C14H20BrClN2O/c1-3-18-6-7-19-13(9-17-2)14(18)11-5-4-10(15)8-12(11)16/h4-5,8,13-14,17H,3,6-7,9H2,1-2H3. The van der Waals surface area contributed by atoms with Crippen molar-refractivity contribution < 1.29 is 4.74 Å². The first-order chi connectivity index (χ1) is 9.17. The third-order valence-corrected chi connectivity index (χ3v) is 4.37. The second-order valence-electron chi connectivity index (χ2n) is 4.71. The molecule has 0 radical (unpaired) electrons. The molecule has 0 bridgehead atoms. The minimum atomic E-state index is 0.136. The second-order valence-corrected chi connectivity index (χ2v) is 6.03. The van der Waals surface area contributed by atoms with Crippen LogP contribution in [0.2, 0.25) is 5.02 Å². The molecule has 0 spiro atoms. The monoisotopic (exact) mass is 346 g/mol. The molecule has 1 aliphatic heterocycles. The fraction of sp³-hybridized carbons (Fsp3) is 0.571. The summed E-state index contributed by atoms with van der Waals surface area (Å²) in [5, 5.41) is 4.00. The van der Waals surface area contributed by atoms with Crippen LogP contribution in [0.3, 0.4) is 0 Å². The first-order valence-corrected chi connectivity index (χ1v) is 7.79. The van der Waals surface area contributed by atoms with Crippen molar-refractivity contribution in [2.45, 2.75) is 19.1 Å². The lowest BCUT2D eigenvalue weighted by molar-refractivity contribution is -0.0686. The maximum atomic E-state index is 6.42. The Labute approximate surface area is 128 Å².